The van der Waals surface area contributed by atoms with E-state index in [2.05, 4.69) is 20.1 Å². The summed E-state index contributed by atoms with van der Waals surface area (Å²) in [7, 11) is 0. The lowest BCUT2D eigenvalue weighted by Crippen LogP contribution is -2.32. The van der Waals surface area contributed by atoms with Crippen LogP contribution in [0.4, 0.5) is 0 Å². The molecule has 0 saturated carbocycles. The molecular weight excluding hydrogens is 282 g/mol. The third-order valence-electron chi connectivity index (χ3n) is 3.68. The van der Waals surface area contributed by atoms with Crippen molar-refractivity contribution in [3.05, 3.63) is 30.2 Å². The number of aryl methyl sites for hydroxylation is 1. The highest BCUT2D eigenvalue weighted by Crippen LogP contribution is 2.20. The monoisotopic (exact) mass is 299 g/mol. The Morgan fingerprint density at radius 1 is 1.27 bits per heavy atom. The van der Waals surface area contributed by atoms with Gasteiger partial charge in [-0.3, -0.25) is 0 Å². The van der Waals surface area contributed by atoms with Crippen LogP contribution < -0.4 is 0 Å². The van der Waals surface area contributed by atoms with E-state index < -0.39 is 0 Å². The molecule has 0 aromatic carbocycles. The number of fused-ring (bicyclic) bond motifs is 1. The first-order valence-electron chi connectivity index (χ1n) is 7.35. The molecule has 3 aromatic rings. The molecule has 0 radical (unpaired) electrons. The SMILES string of the molecule is Cc1nc(-c2ccc3cc[nH]c3n2)n(CC2COCCO2)n1. The van der Waals surface area contributed by atoms with Crippen LogP contribution in [-0.2, 0) is 16.0 Å². The molecule has 1 N–H and O–H groups in total. The minimum Gasteiger partial charge on any atom is -0.376 e. The zero-order chi connectivity index (χ0) is 14.9. The normalized spacial score (nSPS) is 18.9. The number of hydrogen-bond acceptors (Lipinski definition) is 5. The van der Waals surface area contributed by atoms with Crippen LogP contribution in [0, 0.1) is 6.92 Å². The van der Waals surface area contributed by atoms with Crippen molar-refractivity contribution in [2.45, 2.75) is 19.6 Å². The summed E-state index contributed by atoms with van der Waals surface area (Å²) in [5, 5.41) is 5.55. The highest BCUT2D eigenvalue weighted by molar-refractivity contribution is 5.77. The van der Waals surface area contributed by atoms with Crippen LogP contribution in [0.15, 0.2) is 24.4 Å². The van der Waals surface area contributed by atoms with Crippen molar-refractivity contribution in [2.75, 3.05) is 19.8 Å². The molecular formula is C15H17N5O2. The summed E-state index contributed by atoms with van der Waals surface area (Å²) >= 11 is 0. The number of rotatable bonds is 3. The van der Waals surface area contributed by atoms with Crippen LogP contribution in [0.25, 0.3) is 22.6 Å². The maximum Gasteiger partial charge on any atom is 0.177 e. The van der Waals surface area contributed by atoms with Gasteiger partial charge in [-0.05, 0) is 25.1 Å². The summed E-state index contributed by atoms with van der Waals surface area (Å²) in [5.74, 6) is 1.48. The highest BCUT2D eigenvalue weighted by atomic mass is 16.6. The molecule has 7 heteroatoms. The Labute approximate surface area is 127 Å². The number of aromatic nitrogens is 5. The minimum absolute atomic E-state index is 0.00261. The molecule has 7 nitrogen and oxygen atoms in total. The Morgan fingerprint density at radius 3 is 3.09 bits per heavy atom. The molecule has 0 spiro atoms. The van der Waals surface area contributed by atoms with Crippen LogP contribution in [0.1, 0.15) is 5.82 Å². The van der Waals surface area contributed by atoms with Gasteiger partial charge in [-0.1, -0.05) is 0 Å². The first-order valence-corrected chi connectivity index (χ1v) is 7.35. The Morgan fingerprint density at radius 2 is 2.23 bits per heavy atom. The quantitative estimate of drug-likeness (QED) is 0.794. The number of nitrogens with one attached hydrogen (secondary N) is 1. The maximum atomic E-state index is 5.70. The van der Waals surface area contributed by atoms with E-state index in [1.165, 1.54) is 0 Å². The molecule has 0 aliphatic carbocycles. The minimum atomic E-state index is 0.00261. The Hall–Kier alpha value is -2.25. The molecule has 0 amide bonds. The summed E-state index contributed by atoms with van der Waals surface area (Å²) < 4.78 is 13.0. The van der Waals surface area contributed by atoms with Gasteiger partial charge in [0, 0.05) is 11.6 Å². The van der Waals surface area contributed by atoms with Crippen LogP contribution in [0.2, 0.25) is 0 Å². The van der Waals surface area contributed by atoms with Crippen molar-refractivity contribution in [3.8, 4) is 11.5 Å². The average molecular weight is 299 g/mol. The van der Waals surface area contributed by atoms with Crippen LogP contribution in [0.3, 0.4) is 0 Å². The number of aromatic amines is 1. The van der Waals surface area contributed by atoms with Crippen molar-refractivity contribution < 1.29 is 9.47 Å². The third-order valence-corrected chi connectivity index (χ3v) is 3.68. The first-order chi connectivity index (χ1) is 10.8. The lowest BCUT2D eigenvalue weighted by atomic mass is 10.2. The van der Waals surface area contributed by atoms with E-state index in [-0.39, 0.29) is 6.10 Å². The van der Waals surface area contributed by atoms with Gasteiger partial charge >= 0.3 is 0 Å². The predicted molar refractivity (Wildman–Crippen MR) is 80.4 cm³/mol. The lowest BCUT2D eigenvalue weighted by Gasteiger charge is -2.23. The Kier molecular flexibility index (Phi) is 3.36. The second-order valence-electron chi connectivity index (χ2n) is 5.34. The smallest absolute Gasteiger partial charge is 0.177 e. The second kappa shape index (κ2) is 5.51. The molecule has 114 valence electrons. The van der Waals surface area contributed by atoms with Crippen LogP contribution in [0.5, 0.6) is 0 Å². The zero-order valence-corrected chi connectivity index (χ0v) is 12.3. The van der Waals surface area contributed by atoms with Crippen molar-refractivity contribution >= 4 is 11.0 Å². The molecule has 22 heavy (non-hydrogen) atoms. The van der Waals surface area contributed by atoms with E-state index >= 15 is 0 Å². The fraction of sp³-hybridized carbons (Fsp3) is 0.400. The highest BCUT2D eigenvalue weighted by Gasteiger charge is 2.19. The van der Waals surface area contributed by atoms with E-state index in [4.69, 9.17) is 9.47 Å². The lowest BCUT2D eigenvalue weighted by molar-refractivity contribution is -0.0945. The van der Waals surface area contributed by atoms with Gasteiger partial charge < -0.3 is 14.5 Å². The van der Waals surface area contributed by atoms with Gasteiger partial charge in [0.2, 0.25) is 0 Å². The Balaban J connectivity index is 1.68. The van der Waals surface area contributed by atoms with Gasteiger partial charge in [-0.15, -0.1) is 0 Å². The molecule has 1 saturated heterocycles. The van der Waals surface area contributed by atoms with Crippen molar-refractivity contribution in [2.24, 2.45) is 0 Å². The molecule has 1 unspecified atom stereocenters. The largest absolute Gasteiger partial charge is 0.376 e. The van der Waals surface area contributed by atoms with Crippen molar-refractivity contribution in [3.63, 3.8) is 0 Å². The fourth-order valence-electron chi connectivity index (χ4n) is 2.66. The van der Waals surface area contributed by atoms with Crippen LogP contribution in [-0.4, -0.2) is 50.7 Å². The van der Waals surface area contributed by atoms with Gasteiger partial charge in [-0.25, -0.2) is 14.6 Å². The number of ether oxygens (including phenoxy) is 2. The van der Waals surface area contributed by atoms with Crippen LogP contribution >= 0.6 is 0 Å². The first kappa shape index (κ1) is 13.4. The number of H-pyrrole nitrogens is 1. The van der Waals surface area contributed by atoms with Gasteiger partial charge in [0.05, 0.1) is 26.4 Å². The fourth-order valence-corrected chi connectivity index (χ4v) is 2.66. The summed E-state index contributed by atoms with van der Waals surface area (Å²) in [5.41, 5.74) is 1.65. The predicted octanol–water partition coefficient (Wildman–Crippen LogP) is 1.55. The number of hydrogen-bond donors (Lipinski definition) is 1. The topological polar surface area (TPSA) is 77.9 Å². The van der Waals surface area contributed by atoms with Gasteiger partial charge in [0.25, 0.3) is 0 Å². The number of pyridine rings is 1. The summed E-state index contributed by atoms with van der Waals surface area (Å²) in [6.45, 7) is 4.36. The van der Waals surface area contributed by atoms with E-state index in [0.29, 0.717) is 26.4 Å². The molecule has 1 atom stereocenters. The summed E-state index contributed by atoms with van der Waals surface area (Å²) in [6, 6.07) is 5.99. The molecule has 1 aliphatic rings. The molecule has 0 bridgehead atoms. The molecule has 4 rings (SSSR count). The van der Waals surface area contributed by atoms with E-state index in [0.717, 1.165) is 28.4 Å². The van der Waals surface area contributed by atoms with E-state index in [9.17, 15) is 0 Å². The van der Waals surface area contributed by atoms with Crippen molar-refractivity contribution in [1.29, 1.82) is 0 Å². The number of nitrogens with zero attached hydrogens (tertiary/aromatic N) is 4. The van der Waals surface area contributed by atoms with Gasteiger partial charge in [-0.2, -0.15) is 5.10 Å². The van der Waals surface area contributed by atoms with Gasteiger partial charge in [0.15, 0.2) is 5.82 Å². The Bertz CT molecular complexity index is 788. The molecule has 1 aliphatic heterocycles. The maximum absolute atomic E-state index is 5.70. The average Bonchev–Trinajstić information content (AvgIpc) is 3.14. The third kappa shape index (κ3) is 2.49. The molecule has 4 heterocycles. The van der Waals surface area contributed by atoms with E-state index in [1.807, 2.05) is 36.0 Å². The molecule has 1 fully saturated rings. The summed E-state index contributed by atoms with van der Waals surface area (Å²) in [6.07, 6.45) is 1.88. The zero-order valence-electron chi connectivity index (χ0n) is 12.3. The summed E-state index contributed by atoms with van der Waals surface area (Å²) in [4.78, 5) is 12.3. The van der Waals surface area contributed by atoms with Crippen molar-refractivity contribution in [1.82, 2.24) is 24.7 Å². The standard InChI is InChI=1S/C15H17N5O2/c1-10-17-15(13-3-2-11-4-5-16-14(11)18-13)20(19-10)8-12-9-21-6-7-22-12/h2-5,12H,6-9H2,1H3,(H,16,18). The molecule has 3 aromatic heterocycles. The second-order valence-corrected chi connectivity index (χ2v) is 5.34. The van der Waals surface area contributed by atoms with Gasteiger partial charge in [0.1, 0.15) is 23.3 Å². The van der Waals surface area contributed by atoms with E-state index in [1.54, 1.807) is 0 Å².